The maximum Gasteiger partial charge on any atom is 0.317 e. The first kappa shape index (κ1) is 17.0. The van der Waals surface area contributed by atoms with Crippen molar-refractivity contribution in [2.24, 2.45) is 11.7 Å². The van der Waals surface area contributed by atoms with Crippen molar-refractivity contribution in [1.82, 2.24) is 20.0 Å². The van der Waals surface area contributed by atoms with Crippen molar-refractivity contribution in [2.45, 2.75) is 25.9 Å². The van der Waals surface area contributed by atoms with Gasteiger partial charge in [0.25, 0.3) is 0 Å². The van der Waals surface area contributed by atoms with Gasteiger partial charge in [0, 0.05) is 37.9 Å². The molecule has 7 heteroatoms. The molecule has 1 aliphatic rings. The highest BCUT2D eigenvalue weighted by Crippen LogP contribution is 2.16. The zero-order chi connectivity index (χ0) is 17.6. The summed E-state index contributed by atoms with van der Waals surface area (Å²) in [6.07, 6.45) is 4.97. The molecule has 2 aromatic rings. The van der Waals surface area contributed by atoms with Gasteiger partial charge >= 0.3 is 6.03 Å². The molecule has 1 aliphatic heterocycles. The molecule has 0 spiro atoms. The maximum absolute atomic E-state index is 12.2. The lowest BCUT2D eigenvalue weighted by molar-refractivity contribution is -0.123. The van der Waals surface area contributed by atoms with Crippen LogP contribution in [0.4, 0.5) is 4.79 Å². The maximum atomic E-state index is 12.2. The van der Waals surface area contributed by atoms with E-state index in [0.717, 1.165) is 17.7 Å². The summed E-state index contributed by atoms with van der Waals surface area (Å²) < 4.78 is 1.87. The molecule has 1 aromatic heterocycles. The number of piperidine rings is 1. The predicted octanol–water partition coefficient (Wildman–Crippen LogP) is 1.34. The average molecular weight is 341 g/mol. The van der Waals surface area contributed by atoms with Gasteiger partial charge in [0.1, 0.15) is 0 Å². The van der Waals surface area contributed by atoms with Gasteiger partial charge in [0.15, 0.2) is 0 Å². The van der Waals surface area contributed by atoms with Gasteiger partial charge in [-0.05, 0) is 30.0 Å². The Morgan fingerprint density at radius 3 is 2.44 bits per heavy atom. The Kier molecular flexibility index (Phi) is 5.33. The van der Waals surface area contributed by atoms with Crippen LogP contribution in [0.5, 0.6) is 0 Å². The van der Waals surface area contributed by atoms with Crippen molar-refractivity contribution in [2.75, 3.05) is 13.1 Å². The third-order valence-electron chi connectivity index (χ3n) is 4.56. The zero-order valence-corrected chi connectivity index (χ0v) is 14.1. The summed E-state index contributed by atoms with van der Waals surface area (Å²) in [7, 11) is 0. The van der Waals surface area contributed by atoms with Crippen LogP contribution >= 0.6 is 0 Å². The molecule has 2 heterocycles. The first-order valence-corrected chi connectivity index (χ1v) is 8.49. The molecule has 3 N–H and O–H groups in total. The van der Waals surface area contributed by atoms with Crippen LogP contribution in [0.2, 0.25) is 0 Å². The summed E-state index contributed by atoms with van der Waals surface area (Å²) in [6, 6.07) is 9.92. The summed E-state index contributed by atoms with van der Waals surface area (Å²) in [5.41, 5.74) is 7.52. The lowest BCUT2D eigenvalue weighted by Gasteiger charge is -2.30. The van der Waals surface area contributed by atoms with Gasteiger partial charge in [-0.2, -0.15) is 5.10 Å². The minimum absolute atomic E-state index is 0.0939. The molecule has 25 heavy (non-hydrogen) atoms. The van der Waals surface area contributed by atoms with Gasteiger partial charge in [-0.3, -0.25) is 9.48 Å². The highest BCUT2D eigenvalue weighted by molar-refractivity contribution is 5.78. The van der Waals surface area contributed by atoms with Crippen LogP contribution in [0, 0.1) is 5.92 Å². The molecule has 0 bridgehead atoms. The number of benzene rings is 1. The van der Waals surface area contributed by atoms with E-state index < -0.39 is 0 Å². The van der Waals surface area contributed by atoms with E-state index in [2.05, 4.69) is 10.4 Å². The van der Waals surface area contributed by atoms with Crippen LogP contribution in [0.3, 0.4) is 0 Å². The van der Waals surface area contributed by atoms with Crippen molar-refractivity contribution in [3.63, 3.8) is 0 Å². The first-order chi connectivity index (χ1) is 12.1. The molecule has 0 radical (unpaired) electrons. The quantitative estimate of drug-likeness (QED) is 0.859. The fourth-order valence-corrected chi connectivity index (χ4v) is 3.00. The Hall–Kier alpha value is -2.83. The largest absolute Gasteiger partial charge is 0.369 e. The number of rotatable bonds is 5. The number of primary amides is 1. The van der Waals surface area contributed by atoms with Crippen LogP contribution in [0.1, 0.15) is 24.0 Å². The van der Waals surface area contributed by atoms with Crippen LogP contribution in [-0.4, -0.2) is 39.7 Å². The van der Waals surface area contributed by atoms with Crippen molar-refractivity contribution in [3.8, 4) is 0 Å². The van der Waals surface area contributed by atoms with Crippen molar-refractivity contribution in [3.05, 3.63) is 53.9 Å². The number of carbonyl (C=O) groups excluding carboxylic acids is 2. The number of aromatic nitrogens is 2. The third-order valence-corrected chi connectivity index (χ3v) is 4.56. The van der Waals surface area contributed by atoms with Crippen molar-refractivity contribution < 1.29 is 9.59 Å². The summed E-state index contributed by atoms with van der Waals surface area (Å²) in [5, 5.41) is 7.12. The Morgan fingerprint density at radius 1 is 1.16 bits per heavy atom. The van der Waals surface area contributed by atoms with E-state index in [1.165, 1.54) is 0 Å². The summed E-state index contributed by atoms with van der Waals surface area (Å²) in [4.78, 5) is 25.1. The summed E-state index contributed by atoms with van der Waals surface area (Å²) >= 11 is 0. The molecule has 1 fully saturated rings. The number of carbonyl (C=O) groups is 2. The van der Waals surface area contributed by atoms with Crippen molar-refractivity contribution in [1.29, 1.82) is 0 Å². The van der Waals surface area contributed by atoms with E-state index in [0.29, 0.717) is 32.5 Å². The Bertz CT molecular complexity index is 704. The number of amides is 3. The number of hydrogen-bond donors (Lipinski definition) is 2. The van der Waals surface area contributed by atoms with Gasteiger partial charge in [-0.25, -0.2) is 4.79 Å². The average Bonchev–Trinajstić information content (AvgIpc) is 3.14. The molecule has 0 atom stereocenters. The molecule has 0 saturated carbocycles. The number of likely N-dealkylation sites (tertiary alicyclic amines) is 1. The first-order valence-electron chi connectivity index (χ1n) is 8.49. The van der Waals surface area contributed by atoms with Gasteiger partial charge in [-0.1, -0.05) is 24.3 Å². The number of nitrogens with zero attached hydrogens (tertiary/aromatic N) is 3. The summed E-state index contributed by atoms with van der Waals surface area (Å²) in [6.45, 7) is 2.36. The second kappa shape index (κ2) is 7.83. The molecule has 0 unspecified atom stereocenters. The minimum Gasteiger partial charge on any atom is -0.369 e. The van der Waals surface area contributed by atoms with Gasteiger partial charge in [0.2, 0.25) is 5.91 Å². The molecule has 1 aromatic carbocycles. The van der Waals surface area contributed by atoms with E-state index in [4.69, 9.17) is 5.73 Å². The second-order valence-corrected chi connectivity index (χ2v) is 6.34. The highest BCUT2D eigenvalue weighted by atomic mass is 16.2. The summed E-state index contributed by atoms with van der Waals surface area (Å²) in [5.74, 6) is -0.373. The normalized spacial score (nSPS) is 15.1. The smallest absolute Gasteiger partial charge is 0.317 e. The number of urea groups is 1. The van der Waals surface area contributed by atoms with E-state index in [1.807, 2.05) is 41.2 Å². The van der Waals surface area contributed by atoms with E-state index in [9.17, 15) is 9.59 Å². The molecule has 1 saturated heterocycles. The predicted molar refractivity (Wildman–Crippen MR) is 93.5 cm³/mol. The third kappa shape index (κ3) is 4.59. The molecule has 7 nitrogen and oxygen atoms in total. The van der Waals surface area contributed by atoms with Gasteiger partial charge in [-0.15, -0.1) is 0 Å². The van der Waals surface area contributed by atoms with E-state index >= 15 is 0 Å². The molecule has 0 aliphatic carbocycles. The zero-order valence-electron chi connectivity index (χ0n) is 14.1. The van der Waals surface area contributed by atoms with Gasteiger partial charge in [0.05, 0.1) is 6.54 Å². The highest BCUT2D eigenvalue weighted by Gasteiger charge is 2.25. The van der Waals surface area contributed by atoms with Crippen molar-refractivity contribution >= 4 is 11.9 Å². The van der Waals surface area contributed by atoms with Gasteiger partial charge < -0.3 is 16.0 Å². The van der Waals surface area contributed by atoms with Crippen LogP contribution < -0.4 is 11.1 Å². The number of nitrogens with two attached hydrogens (primary N) is 1. The topological polar surface area (TPSA) is 93.3 Å². The lowest BCUT2D eigenvalue weighted by atomic mass is 9.96. The Morgan fingerprint density at radius 2 is 1.84 bits per heavy atom. The number of nitrogens with one attached hydrogen (secondary N) is 1. The molecule has 3 rings (SSSR count). The second-order valence-electron chi connectivity index (χ2n) is 6.34. The SMILES string of the molecule is NC(=O)C1CCN(C(=O)NCc2ccc(Cn3cccn3)cc2)CC1. The van der Waals surface area contributed by atoms with Crippen LogP contribution in [-0.2, 0) is 17.9 Å². The standard InChI is InChI=1S/C18H23N5O2/c19-17(24)16-6-10-22(11-7-16)18(25)20-12-14-2-4-15(5-3-14)13-23-9-1-8-21-23/h1-5,8-9,16H,6-7,10-13H2,(H2,19,24)(H,20,25). The lowest BCUT2D eigenvalue weighted by Crippen LogP contribution is -2.46. The van der Waals surface area contributed by atoms with E-state index in [-0.39, 0.29) is 17.9 Å². The van der Waals surface area contributed by atoms with Crippen LogP contribution in [0.25, 0.3) is 0 Å². The van der Waals surface area contributed by atoms with Crippen LogP contribution in [0.15, 0.2) is 42.7 Å². The fourth-order valence-electron chi connectivity index (χ4n) is 3.00. The molecular weight excluding hydrogens is 318 g/mol. The minimum atomic E-state index is -0.268. The molecule has 3 amide bonds. The number of hydrogen-bond acceptors (Lipinski definition) is 3. The fraction of sp³-hybridized carbons (Fsp3) is 0.389. The Labute approximate surface area is 146 Å². The molecule has 132 valence electrons. The Balaban J connectivity index is 1.45. The molecular formula is C18H23N5O2. The van der Waals surface area contributed by atoms with E-state index in [1.54, 1.807) is 11.1 Å². The monoisotopic (exact) mass is 341 g/mol.